The van der Waals surface area contributed by atoms with Crippen molar-refractivity contribution >= 4 is 17.0 Å². The molecule has 1 aliphatic heterocycles. The van der Waals surface area contributed by atoms with Gasteiger partial charge in [-0.3, -0.25) is 4.57 Å². The van der Waals surface area contributed by atoms with E-state index in [4.69, 9.17) is 4.74 Å². The summed E-state index contributed by atoms with van der Waals surface area (Å²) < 4.78 is 21.3. The molecule has 1 atom stereocenters. The Morgan fingerprint density at radius 1 is 1.40 bits per heavy atom. The quantitative estimate of drug-likeness (QED) is 0.709. The third-order valence-electron chi connectivity index (χ3n) is 4.38. The number of fused-ring (bicyclic) bond motifs is 1. The molecule has 3 heterocycles. The molecular weight excluding hydrogens is 325 g/mol. The van der Waals surface area contributed by atoms with Gasteiger partial charge in [-0.25, -0.2) is 4.98 Å². The molecule has 1 fully saturated rings. The molecule has 0 spiro atoms. The number of aromatic hydroxyl groups is 1. The van der Waals surface area contributed by atoms with Crippen molar-refractivity contribution in [2.45, 2.75) is 32.5 Å². The smallest absolute Gasteiger partial charge is 0.312 e. The van der Waals surface area contributed by atoms with Crippen molar-refractivity contribution < 1.29 is 14.2 Å². The van der Waals surface area contributed by atoms with Gasteiger partial charge in [0.25, 0.3) is 0 Å². The number of aryl methyl sites for hydroxylation is 1. The van der Waals surface area contributed by atoms with E-state index < -0.39 is 6.08 Å². The van der Waals surface area contributed by atoms with Crippen LogP contribution in [0.4, 0.5) is 10.2 Å². The number of ether oxygens (including phenoxy) is 1. The fraction of sp³-hybridized carbons (Fsp3) is 0.353. The standard InChI is InChI=1S/C17H18FN5O2/c1-10-4-2-5-11(14(10)24)8-19-15-13-16(22-17(18)21-15)23(9-20-13)12-6-3-7-25-12/h2,4-5,9,12,24H,3,6-8H2,1H3,(H,19,21,22). The molecule has 0 bridgehead atoms. The van der Waals surface area contributed by atoms with Crippen molar-refractivity contribution in [3.8, 4) is 5.75 Å². The number of nitrogens with zero attached hydrogens (tertiary/aromatic N) is 4. The second kappa shape index (κ2) is 6.29. The predicted molar refractivity (Wildman–Crippen MR) is 89.7 cm³/mol. The molecule has 2 N–H and O–H groups in total. The van der Waals surface area contributed by atoms with Crippen LogP contribution < -0.4 is 5.32 Å². The van der Waals surface area contributed by atoms with Gasteiger partial charge in [0.2, 0.25) is 0 Å². The SMILES string of the molecule is Cc1cccc(CNc2nc(F)nc3c2ncn3C2CCCO2)c1O. The van der Waals surface area contributed by atoms with Crippen LogP contribution in [0.15, 0.2) is 24.5 Å². The first-order chi connectivity index (χ1) is 12.1. The summed E-state index contributed by atoms with van der Waals surface area (Å²) in [6.07, 6.45) is 2.40. The van der Waals surface area contributed by atoms with Crippen LogP contribution in [-0.2, 0) is 11.3 Å². The van der Waals surface area contributed by atoms with E-state index in [1.807, 2.05) is 19.1 Å². The lowest BCUT2D eigenvalue weighted by Crippen LogP contribution is -2.09. The Hall–Kier alpha value is -2.74. The number of anilines is 1. The number of rotatable bonds is 4. The second-order valence-electron chi connectivity index (χ2n) is 6.07. The van der Waals surface area contributed by atoms with Gasteiger partial charge in [-0.05, 0) is 25.3 Å². The lowest BCUT2D eigenvalue weighted by atomic mass is 10.1. The highest BCUT2D eigenvalue weighted by molar-refractivity contribution is 5.82. The molecule has 130 valence electrons. The van der Waals surface area contributed by atoms with Crippen molar-refractivity contribution in [2.24, 2.45) is 0 Å². The van der Waals surface area contributed by atoms with Crippen molar-refractivity contribution in [3.05, 3.63) is 41.7 Å². The summed E-state index contributed by atoms with van der Waals surface area (Å²) in [5.74, 6) is 0.505. The van der Waals surface area contributed by atoms with Crippen LogP contribution in [0.2, 0.25) is 0 Å². The Labute approximate surface area is 143 Å². The molecule has 1 saturated heterocycles. The Morgan fingerprint density at radius 3 is 3.08 bits per heavy atom. The van der Waals surface area contributed by atoms with Crippen LogP contribution in [0.1, 0.15) is 30.2 Å². The van der Waals surface area contributed by atoms with E-state index in [0.29, 0.717) is 35.7 Å². The van der Waals surface area contributed by atoms with Gasteiger partial charge in [-0.15, -0.1) is 0 Å². The van der Waals surface area contributed by atoms with Crippen LogP contribution >= 0.6 is 0 Å². The van der Waals surface area contributed by atoms with E-state index in [1.54, 1.807) is 17.0 Å². The fourth-order valence-electron chi connectivity index (χ4n) is 3.05. The zero-order valence-electron chi connectivity index (χ0n) is 13.7. The molecule has 0 saturated carbocycles. The molecule has 0 amide bonds. The van der Waals surface area contributed by atoms with Crippen LogP contribution in [0, 0.1) is 13.0 Å². The number of halogens is 1. The maximum absolute atomic E-state index is 13.9. The highest BCUT2D eigenvalue weighted by atomic mass is 19.1. The number of imidazole rings is 1. The maximum Gasteiger partial charge on any atom is 0.312 e. The Morgan fingerprint density at radius 2 is 2.28 bits per heavy atom. The first-order valence-electron chi connectivity index (χ1n) is 8.16. The van der Waals surface area contributed by atoms with Gasteiger partial charge in [0, 0.05) is 18.7 Å². The van der Waals surface area contributed by atoms with Crippen molar-refractivity contribution in [1.82, 2.24) is 19.5 Å². The van der Waals surface area contributed by atoms with Gasteiger partial charge in [0.15, 0.2) is 17.0 Å². The summed E-state index contributed by atoms with van der Waals surface area (Å²) in [5, 5.41) is 13.2. The van der Waals surface area contributed by atoms with Crippen LogP contribution in [0.5, 0.6) is 5.75 Å². The van der Waals surface area contributed by atoms with Crippen molar-refractivity contribution in [2.75, 3.05) is 11.9 Å². The Balaban J connectivity index is 1.66. The van der Waals surface area contributed by atoms with Gasteiger partial charge in [0.1, 0.15) is 12.0 Å². The van der Waals surface area contributed by atoms with E-state index in [9.17, 15) is 9.50 Å². The molecule has 2 aromatic heterocycles. The lowest BCUT2D eigenvalue weighted by molar-refractivity contribution is 0.0592. The summed E-state index contributed by atoms with van der Waals surface area (Å²) in [7, 11) is 0. The highest BCUT2D eigenvalue weighted by Crippen LogP contribution is 2.29. The molecule has 0 radical (unpaired) electrons. The number of phenolic OH excluding ortho intramolecular Hbond substituents is 1. The monoisotopic (exact) mass is 343 g/mol. The zero-order valence-corrected chi connectivity index (χ0v) is 13.7. The molecule has 4 rings (SSSR count). The van der Waals surface area contributed by atoms with Crippen LogP contribution in [0.3, 0.4) is 0 Å². The molecule has 25 heavy (non-hydrogen) atoms. The molecular formula is C17H18FN5O2. The number of para-hydroxylation sites is 1. The molecule has 8 heteroatoms. The number of aromatic nitrogens is 4. The van der Waals surface area contributed by atoms with E-state index in [0.717, 1.165) is 18.4 Å². The summed E-state index contributed by atoms with van der Waals surface area (Å²) in [6.45, 7) is 2.80. The Bertz CT molecular complexity index is 921. The first-order valence-corrected chi connectivity index (χ1v) is 8.16. The summed E-state index contributed by atoms with van der Waals surface area (Å²) in [4.78, 5) is 12.0. The zero-order chi connectivity index (χ0) is 17.4. The van der Waals surface area contributed by atoms with E-state index in [2.05, 4.69) is 20.3 Å². The highest BCUT2D eigenvalue weighted by Gasteiger charge is 2.22. The molecule has 0 aliphatic carbocycles. The third-order valence-corrected chi connectivity index (χ3v) is 4.38. The largest absolute Gasteiger partial charge is 0.507 e. The van der Waals surface area contributed by atoms with Crippen LogP contribution in [0.25, 0.3) is 11.2 Å². The minimum atomic E-state index is -0.830. The normalized spacial score (nSPS) is 17.3. The minimum absolute atomic E-state index is 0.173. The lowest BCUT2D eigenvalue weighted by Gasteiger charge is -2.12. The fourth-order valence-corrected chi connectivity index (χ4v) is 3.05. The van der Waals surface area contributed by atoms with Gasteiger partial charge >= 0.3 is 6.08 Å². The first kappa shape index (κ1) is 15.8. The average Bonchev–Trinajstić information content (AvgIpc) is 3.24. The number of hydrogen-bond donors (Lipinski definition) is 2. The van der Waals surface area contributed by atoms with Crippen molar-refractivity contribution in [3.63, 3.8) is 0 Å². The Kier molecular flexibility index (Phi) is 3.96. The average molecular weight is 343 g/mol. The topological polar surface area (TPSA) is 85.1 Å². The molecule has 1 aliphatic rings. The van der Waals surface area contributed by atoms with Crippen molar-refractivity contribution in [1.29, 1.82) is 0 Å². The van der Waals surface area contributed by atoms with Crippen LogP contribution in [-0.4, -0.2) is 31.2 Å². The second-order valence-corrected chi connectivity index (χ2v) is 6.07. The van der Waals surface area contributed by atoms with Gasteiger partial charge in [-0.1, -0.05) is 18.2 Å². The van der Waals surface area contributed by atoms with E-state index >= 15 is 0 Å². The molecule has 1 unspecified atom stereocenters. The van der Waals surface area contributed by atoms with Gasteiger partial charge in [-0.2, -0.15) is 14.4 Å². The summed E-state index contributed by atoms with van der Waals surface area (Å²) in [5.41, 5.74) is 2.35. The van der Waals surface area contributed by atoms with E-state index in [1.165, 1.54) is 0 Å². The number of hydrogen-bond acceptors (Lipinski definition) is 6. The maximum atomic E-state index is 13.9. The van der Waals surface area contributed by atoms with Gasteiger partial charge in [0.05, 0.1) is 6.33 Å². The minimum Gasteiger partial charge on any atom is -0.507 e. The number of phenols is 1. The predicted octanol–water partition coefficient (Wildman–Crippen LogP) is 2.90. The number of nitrogens with one attached hydrogen (secondary N) is 1. The number of benzene rings is 1. The van der Waals surface area contributed by atoms with E-state index in [-0.39, 0.29) is 12.0 Å². The third kappa shape index (κ3) is 2.89. The molecule has 3 aromatic rings. The molecule has 7 nitrogen and oxygen atoms in total. The van der Waals surface area contributed by atoms with Gasteiger partial charge < -0.3 is 15.2 Å². The summed E-state index contributed by atoms with van der Waals surface area (Å²) in [6, 6.07) is 5.48. The molecule has 1 aromatic carbocycles. The summed E-state index contributed by atoms with van der Waals surface area (Å²) >= 11 is 0.